The molecule has 6 heteroatoms. The smallest absolute Gasteiger partial charge is 0.246 e. The molecule has 2 aromatic carbocycles. The second-order valence-corrected chi connectivity index (χ2v) is 7.32. The molecule has 1 amide bonds. The van der Waals surface area contributed by atoms with E-state index in [2.05, 4.69) is 6.58 Å². The maximum Gasteiger partial charge on any atom is 0.246 e. The van der Waals surface area contributed by atoms with E-state index in [0.717, 1.165) is 30.6 Å². The molecule has 1 unspecified atom stereocenters. The maximum atomic E-state index is 13.1. The monoisotopic (exact) mass is 425 g/mol. The van der Waals surface area contributed by atoms with Gasteiger partial charge in [-0.25, -0.2) is 4.39 Å². The highest BCUT2D eigenvalue weighted by Crippen LogP contribution is 2.29. The molecule has 1 fully saturated rings. The van der Waals surface area contributed by atoms with Gasteiger partial charge in [-0.2, -0.15) is 0 Å². The van der Waals surface area contributed by atoms with Gasteiger partial charge in [-0.15, -0.1) is 0 Å². The summed E-state index contributed by atoms with van der Waals surface area (Å²) in [5.41, 5.74) is 1.68. The van der Waals surface area contributed by atoms with Gasteiger partial charge in [0.25, 0.3) is 0 Å². The molecule has 3 rings (SSSR count). The van der Waals surface area contributed by atoms with Gasteiger partial charge in [-0.05, 0) is 54.3 Å². The van der Waals surface area contributed by atoms with Crippen LogP contribution in [0.15, 0.2) is 61.2 Å². The van der Waals surface area contributed by atoms with Crippen molar-refractivity contribution in [2.45, 2.75) is 25.5 Å². The molecule has 1 aliphatic heterocycles. The van der Waals surface area contributed by atoms with Gasteiger partial charge in [0.15, 0.2) is 11.5 Å². The lowest BCUT2D eigenvalue weighted by molar-refractivity contribution is -0.128. The van der Waals surface area contributed by atoms with Crippen LogP contribution < -0.4 is 9.47 Å². The third-order valence-corrected chi connectivity index (χ3v) is 5.01. The van der Waals surface area contributed by atoms with E-state index in [1.807, 2.05) is 18.2 Å². The summed E-state index contributed by atoms with van der Waals surface area (Å²) in [6.07, 6.45) is 6.84. The maximum absolute atomic E-state index is 13.1. The molecular weight excluding hydrogens is 397 g/mol. The average Bonchev–Trinajstić information content (AvgIpc) is 3.30. The molecule has 31 heavy (non-hydrogen) atoms. The third kappa shape index (κ3) is 6.69. The largest absolute Gasteiger partial charge is 0.493 e. The van der Waals surface area contributed by atoms with Crippen LogP contribution in [0.1, 0.15) is 24.0 Å². The van der Waals surface area contributed by atoms with Gasteiger partial charge in [0.2, 0.25) is 5.91 Å². The molecule has 1 heterocycles. The SMILES string of the molecule is C=CCOc1ccc(CN(CC2CCCO2)C(=O)/C=C/c2ccc(F)cc2)cc1OC. The Labute approximate surface area is 182 Å². The van der Waals surface area contributed by atoms with Crippen LogP contribution in [-0.4, -0.2) is 43.8 Å². The van der Waals surface area contributed by atoms with Gasteiger partial charge in [0, 0.05) is 25.8 Å². The van der Waals surface area contributed by atoms with E-state index in [0.29, 0.717) is 31.2 Å². The Bertz CT molecular complexity index is 904. The molecule has 2 aromatic rings. The third-order valence-electron chi connectivity index (χ3n) is 5.01. The summed E-state index contributed by atoms with van der Waals surface area (Å²) in [4.78, 5) is 14.7. The molecule has 164 valence electrons. The number of carbonyl (C=O) groups is 1. The molecule has 0 bridgehead atoms. The lowest BCUT2D eigenvalue weighted by atomic mass is 10.1. The highest BCUT2D eigenvalue weighted by atomic mass is 19.1. The van der Waals surface area contributed by atoms with Crippen LogP contribution >= 0.6 is 0 Å². The zero-order valence-electron chi connectivity index (χ0n) is 17.8. The second kappa shape index (κ2) is 11.3. The fourth-order valence-electron chi connectivity index (χ4n) is 3.41. The van der Waals surface area contributed by atoms with E-state index >= 15 is 0 Å². The molecule has 0 spiro atoms. The quantitative estimate of drug-likeness (QED) is 0.412. The van der Waals surface area contributed by atoms with E-state index in [1.165, 1.54) is 18.2 Å². The zero-order valence-corrected chi connectivity index (χ0v) is 17.8. The van der Waals surface area contributed by atoms with Crippen LogP contribution in [0.3, 0.4) is 0 Å². The first kappa shape index (κ1) is 22.6. The molecule has 5 nitrogen and oxygen atoms in total. The van der Waals surface area contributed by atoms with Crippen molar-refractivity contribution in [2.24, 2.45) is 0 Å². The second-order valence-electron chi connectivity index (χ2n) is 7.32. The Morgan fingerprint density at radius 1 is 1.26 bits per heavy atom. The number of ether oxygens (including phenoxy) is 3. The molecule has 0 N–H and O–H groups in total. The molecule has 1 atom stereocenters. The number of halogens is 1. The van der Waals surface area contributed by atoms with Crippen LogP contribution in [0.4, 0.5) is 4.39 Å². The average molecular weight is 426 g/mol. The minimum absolute atomic E-state index is 0.0280. The fourth-order valence-corrected chi connectivity index (χ4v) is 3.41. The molecular formula is C25H28FNO4. The zero-order chi connectivity index (χ0) is 22.1. The lowest BCUT2D eigenvalue weighted by Crippen LogP contribution is -2.35. The van der Waals surface area contributed by atoms with Crippen molar-refractivity contribution in [3.05, 3.63) is 78.1 Å². The Morgan fingerprint density at radius 2 is 2.06 bits per heavy atom. The predicted octanol–water partition coefficient (Wildman–Crippen LogP) is 4.62. The molecule has 1 saturated heterocycles. The fraction of sp³-hybridized carbons (Fsp3) is 0.320. The van der Waals surface area contributed by atoms with Gasteiger partial charge >= 0.3 is 0 Å². The number of hydrogen-bond donors (Lipinski definition) is 0. The summed E-state index contributed by atoms with van der Waals surface area (Å²) in [7, 11) is 1.58. The number of amides is 1. The van der Waals surface area contributed by atoms with E-state index in [9.17, 15) is 9.18 Å². The molecule has 1 aliphatic rings. The van der Waals surface area contributed by atoms with Gasteiger partial charge < -0.3 is 19.1 Å². The number of carbonyl (C=O) groups excluding carboxylic acids is 1. The first-order chi connectivity index (χ1) is 15.1. The van der Waals surface area contributed by atoms with E-state index in [-0.39, 0.29) is 17.8 Å². The van der Waals surface area contributed by atoms with Crippen LogP contribution in [0, 0.1) is 5.82 Å². The van der Waals surface area contributed by atoms with E-state index in [4.69, 9.17) is 14.2 Å². The number of benzene rings is 2. The Morgan fingerprint density at radius 3 is 2.74 bits per heavy atom. The van der Waals surface area contributed by atoms with Crippen LogP contribution in [0.5, 0.6) is 11.5 Å². The topological polar surface area (TPSA) is 48.0 Å². The van der Waals surface area contributed by atoms with Crippen molar-refractivity contribution < 1.29 is 23.4 Å². The van der Waals surface area contributed by atoms with Crippen LogP contribution in [-0.2, 0) is 16.1 Å². The summed E-state index contributed by atoms with van der Waals surface area (Å²) >= 11 is 0. The number of methoxy groups -OCH3 is 1. The number of nitrogens with zero attached hydrogens (tertiary/aromatic N) is 1. The predicted molar refractivity (Wildman–Crippen MR) is 119 cm³/mol. The van der Waals surface area contributed by atoms with Gasteiger partial charge in [-0.3, -0.25) is 4.79 Å². The van der Waals surface area contributed by atoms with Gasteiger partial charge in [0.05, 0.1) is 13.2 Å². The van der Waals surface area contributed by atoms with Crippen molar-refractivity contribution in [1.82, 2.24) is 4.90 Å². The van der Waals surface area contributed by atoms with Crippen molar-refractivity contribution >= 4 is 12.0 Å². The Balaban J connectivity index is 1.75. The molecule has 0 aliphatic carbocycles. The van der Waals surface area contributed by atoms with Crippen LogP contribution in [0.2, 0.25) is 0 Å². The molecule has 0 aromatic heterocycles. The van der Waals surface area contributed by atoms with Crippen molar-refractivity contribution in [3.63, 3.8) is 0 Å². The summed E-state index contributed by atoms with van der Waals surface area (Å²) in [6, 6.07) is 11.6. The first-order valence-corrected chi connectivity index (χ1v) is 10.3. The van der Waals surface area contributed by atoms with Gasteiger partial charge in [-0.1, -0.05) is 30.9 Å². The van der Waals surface area contributed by atoms with E-state index < -0.39 is 0 Å². The molecule has 0 saturated carbocycles. The Hall–Kier alpha value is -3.12. The molecule has 0 radical (unpaired) electrons. The standard InChI is InChI=1S/C25H28FNO4/c1-3-14-31-23-12-8-20(16-24(23)29-2)17-27(18-22-5-4-15-30-22)25(28)13-9-19-6-10-21(26)11-7-19/h3,6-13,16,22H,1,4-5,14-15,17-18H2,2H3/b13-9+. The minimum Gasteiger partial charge on any atom is -0.493 e. The normalized spacial score (nSPS) is 15.7. The number of rotatable bonds is 10. The minimum atomic E-state index is -0.307. The summed E-state index contributed by atoms with van der Waals surface area (Å²) < 4.78 is 29.9. The summed E-state index contributed by atoms with van der Waals surface area (Å²) in [5.74, 6) is 0.786. The van der Waals surface area contributed by atoms with Gasteiger partial charge in [0.1, 0.15) is 12.4 Å². The van der Waals surface area contributed by atoms with E-state index in [1.54, 1.807) is 36.3 Å². The van der Waals surface area contributed by atoms with Crippen molar-refractivity contribution in [1.29, 1.82) is 0 Å². The Kier molecular flexibility index (Phi) is 8.24. The first-order valence-electron chi connectivity index (χ1n) is 10.3. The summed E-state index contributed by atoms with van der Waals surface area (Å²) in [5, 5.41) is 0. The van der Waals surface area contributed by atoms with Crippen molar-refractivity contribution in [2.75, 3.05) is 26.9 Å². The summed E-state index contributed by atoms with van der Waals surface area (Å²) in [6.45, 7) is 5.67. The highest BCUT2D eigenvalue weighted by Gasteiger charge is 2.22. The highest BCUT2D eigenvalue weighted by molar-refractivity contribution is 5.91. The number of hydrogen-bond acceptors (Lipinski definition) is 4. The lowest BCUT2D eigenvalue weighted by Gasteiger charge is -2.25. The van der Waals surface area contributed by atoms with Crippen molar-refractivity contribution in [3.8, 4) is 11.5 Å². The van der Waals surface area contributed by atoms with Crippen LogP contribution in [0.25, 0.3) is 6.08 Å².